The number of nitrogens with one attached hydrogen (secondary N) is 1. The van der Waals surface area contributed by atoms with E-state index in [0.717, 1.165) is 24.2 Å². The molecule has 2 heteroatoms. The molecule has 22 heavy (non-hydrogen) atoms. The van der Waals surface area contributed by atoms with Crippen LogP contribution in [0.2, 0.25) is 0 Å². The Morgan fingerprint density at radius 3 is 2.50 bits per heavy atom. The van der Waals surface area contributed by atoms with E-state index in [9.17, 15) is 0 Å². The second kappa shape index (κ2) is 6.18. The number of aryl methyl sites for hydroxylation is 3. The predicted molar refractivity (Wildman–Crippen MR) is 94.6 cm³/mol. The van der Waals surface area contributed by atoms with Gasteiger partial charge in [0.05, 0.1) is 5.52 Å². The van der Waals surface area contributed by atoms with Crippen LogP contribution in [-0.4, -0.2) is 11.5 Å². The van der Waals surface area contributed by atoms with Gasteiger partial charge in [0.1, 0.15) is 0 Å². The van der Waals surface area contributed by atoms with Gasteiger partial charge in [-0.1, -0.05) is 42.0 Å². The van der Waals surface area contributed by atoms with Gasteiger partial charge < -0.3 is 5.32 Å². The molecule has 3 rings (SSSR count). The quantitative estimate of drug-likeness (QED) is 0.745. The highest BCUT2D eigenvalue weighted by atomic mass is 14.9. The molecule has 0 aliphatic rings. The Labute approximate surface area is 132 Å². The lowest BCUT2D eigenvalue weighted by Gasteiger charge is -2.13. The first-order chi connectivity index (χ1) is 10.6. The van der Waals surface area contributed by atoms with Crippen molar-refractivity contribution in [2.75, 3.05) is 11.9 Å². The van der Waals surface area contributed by atoms with Gasteiger partial charge in [-0.05, 0) is 50.5 Å². The Kier molecular flexibility index (Phi) is 4.10. The summed E-state index contributed by atoms with van der Waals surface area (Å²) in [4.78, 5) is 4.70. The van der Waals surface area contributed by atoms with Gasteiger partial charge in [-0.2, -0.15) is 0 Å². The van der Waals surface area contributed by atoms with E-state index in [4.69, 9.17) is 4.98 Å². The van der Waals surface area contributed by atoms with Crippen LogP contribution >= 0.6 is 0 Å². The van der Waals surface area contributed by atoms with Crippen molar-refractivity contribution in [1.29, 1.82) is 0 Å². The molecular weight excluding hydrogens is 268 g/mol. The summed E-state index contributed by atoms with van der Waals surface area (Å²) in [5.74, 6) is 0. The van der Waals surface area contributed by atoms with Gasteiger partial charge in [-0.15, -0.1) is 0 Å². The normalized spacial score (nSPS) is 10.9. The van der Waals surface area contributed by atoms with E-state index in [1.165, 1.54) is 27.8 Å². The van der Waals surface area contributed by atoms with E-state index in [-0.39, 0.29) is 0 Å². The molecule has 0 aliphatic heterocycles. The molecule has 112 valence electrons. The van der Waals surface area contributed by atoms with E-state index < -0.39 is 0 Å². The fraction of sp³-hybridized carbons (Fsp3) is 0.250. The SMILES string of the molecule is Cc1cc(C)c2nc(C)cc(NCCc3ccccc3)c2c1. The maximum atomic E-state index is 4.70. The largest absolute Gasteiger partial charge is 0.384 e. The lowest BCUT2D eigenvalue weighted by molar-refractivity contribution is 1.02. The molecule has 0 saturated carbocycles. The molecule has 0 saturated heterocycles. The van der Waals surface area contributed by atoms with Gasteiger partial charge in [0.15, 0.2) is 0 Å². The highest BCUT2D eigenvalue weighted by molar-refractivity contribution is 5.93. The van der Waals surface area contributed by atoms with Crippen LogP contribution in [0.15, 0.2) is 48.5 Å². The number of nitrogens with zero attached hydrogens (tertiary/aromatic N) is 1. The standard InChI is InChI=1S/C20H22N2/c1-14-11-15(2)20-18(12-14)19(13-16(3)22-20)21-10-9-17-7-5-4-6-8-17/h4-8,11-13H,9-10H2,1-3H3,(H,21,22). The molecule has 0 aliphatic carbocycles. The summed E-state index contributed by atoms with van der Waals surface area (Å²) in [6, 6.07) is 17.1. The zero-order chi connectivity index (χ0) is 15.5. The third-order valence-corrected chi connectivity index (χ3v) is 3.95. The Morgan fingerprint density at radius 2 is 1.73 bits per heavy atom. The summed E-state index contributed by atoms with van der Waals surface area (Å²) in [7, 11) is 0. The van der Waals surface area contributed by atoms with Crippen molar-refractivity contribution < 1.29 is 0 Å². The molecule has 0 amide bonds. The van der Waals surface area contributed by atoms with Crippen LogP contribution in [0.1, 0.15) is 22.4 Å². The number of hydrogen-bond donors (Lipinski definition) is 1. The Bertz CT molecular complexity index is 792. The molecule has 0 atom stereocenters. The van der Waals surface area contributed by atoms with Crippen LogP contribution in [0.3, 0.4) is 0 Å². The zero-order valence-corrected chi connectivity index (χ0v) is 13.5. The fourth-order valence-electron chi connectivity index (χ4n) is 2.94. The molecule has 0 radical (unpaired) electrons. The number of aromatic nitrogens is 1. The van der Waals surface area contributed by atoms with Crippen LogP contribution in [0.4, 0.5) is 5.69 Å². The number of benzene rings is 2. The Morgan fingerprint density at radius 1 is 0.955 bits per heavy atom. The number of anilines is 1. The number of pyridine rings is 1. The summed E-state index contributed by atoms with van der Waals surface area (Å²) in [6.45, 7) is 7.26. The van der Waals surface area contributed by atoms with Crippen molar-refractivity contribution >= 4 is 16.6 Å². The number of fused-ring (bicyclic) bond motifs is 1. The Hall–Kier alpha value is -2.35. The van der Waals surface area contributed by atoms with Crippen molar-refractivity contribution in [3.63, 3.8) is 0 Å². The second-order valence-corrected chi connectivity index (χ2v) is 5.95. The van der Waals surface area contributed by atoms with Gasteiger partial charge in [0, 0.05) is 23.3 Å². The molecule has 1 aromatic heterocycles. The molecular formula is C20H22N2. The number of rotatable bonds is 4. The average Bonchev–Trinajstić information content (AvgIpc) is 2.49. The molecule has 2 nitrogen and oxygen atoms in total. The predicted octanol–water partition coefficient (Wildman–Crippen LogP) is 4.81. The van der Waals surface area contributed by atoms with Gasteiger partial charge >= 0.3 is 0 Å². The second-order valence-electron chi connectivity index (χ2n) is 5.95. The lowest BCUT2D eigenvalue weighted by atomic mass is 10.0. The zero-order valence-electron chi connectivity index (χ0n) is 13.5. The smallest absolute Gasteiger partial charge is 0.0755 e. The van der Waals surface area contributed by atoms with Crippen molar-refractivity contribution in [2.24, 2.45) is 0 Å². The maximum absolute atomic E-state index is 4.70. The topological polar surface area (TPSA) is 24.9 Å². The minimum absolute atomic E-state index is 0.926. The summed E-state index contributed by atoms with van der Waals surface area (Å²) >= 11 is 0. The van der Waals surface area contributed by atoms with Crippen molar-refractivity contribution in [3.8, 4) is 0 Å². The first-order valence-corrected chi connectivity index (χ1v) is 7.80. The molecule has 2 aromatic carbocycles. The summed E-state index contributed by atoms with van der Waals surface area (Å²) in [5.41, 5.74) is 7.23. The summed E-state index contributed by atoms with van der Waals surface area (Å²) in [5, 5.41) is 4.81. The molecule has 0 unspecified atom stereocenters. The number of hydrogen-bond acceptors (Lipinski definition) is 2. The highest BCUT2D eigenvalue weighted by Crippen LogP contribution is 2.27. The molecule has 0 fully saturated rings. The van der Waals surface area contributed by atoms with Crippen molar-refractivity contribution in [3.05, 3.63) is 70.9 Å². The lowest BCUT2D eigenvalue weighted by Crippen LogP contribution is -2.06. The summed E-state index contributed by atoms with van der Waals surface area (Å²) < 4.78 is 0. The van der Waals surface area contributed by atoms with Crippen LogP contribution in [0.5, 0.6) is 0 Å². The van der Waals surface area contributed by atoms with Crippen molar-refractivity contribution in [2.45, 2.75) is 27.2 Å². The van der Waals surface area contributed by atoms with E-state index in [1.54, 1.807) is 0 Å². The average molecular weight is 290 g/mol. The maximum Gasteiger partial charge on any atom is 0.0755 e. The fourth-order valence-corrected chi connectivity index (χ4v) is 2.94. The monoisotopic (exact) mass is 290 g/mol. The van der Waals surface area contributed by atoms with E-state index >= 15 is 0 Å². The molecule has 1 heterocycles. The van der Waals surface area contributed by atoms with Crippen LogP contribution in [0.25, 0.3) is 10.9 Å². The van der Waals surface area contributed by atoms with Crippen LogP contribution < -0.4 is 5.32 Å². The minimum atomic E-state index is 0.926. The highest BCUT2D eigenvalue weighted by Gasteiger charge is 2.07. The third-order valence-electron chi connectivity index (χ3n) is 3.95. The van der Waals surface area contributed by atoms with Crippen molar-refractivity contribution in [1.82, 2.24) is 4.98 Å². The molecule has 0 spiro atoms. The summed E-state index contributed by atoms with van der Waals surface area (Å²) in [6.07, 6.45) is 1.02. The molecule has 0 bridgehead atoms. The van der Waals surface area contributed by atoms with E-state index in [1.807, 2.05) is 0 Å². The van der Waals surface area contributed by atoms with Crippen LogP contribution in [-0.2, 0) is 6.42 Å². The van der Waals surface area contributed by atoms with E-state index in [0.29, 0.717) is 0 Å². The van der Waals surface area contributed by atoms with Gasteiger partial charge in [0.25, 0.3) is 0 Å². The van der Waals surface area contributed by atoms with Crippen LogP contribution in [0, 0.1) is 20.8 Å². The Balaban J connectivity index is 1.87. The van der Waals surface area contributed by atoms with E-state index in [2.05, 4.69) is 74.6 Å². The molecule has 1 N–H and O–H groups in total. The van der Waals surface area contributed by atoms with Gasteiger partial charge in [-0.3, -0.25) is 4.98 Å². The van der Waals surface area contributed by atoms with Gasteiger partial charge in [0.2, 0.25) is 0 Å². The minimum Gasteiger partial charge on any atom is -0.384 e. The first-order valence-electron chi connectivity index (χ1n) is 7.80. The first kappa shape index (κ1) is 14.6. The molecule has 3 aromatic rings. The third kappa shape index (κ3) is 3.11. The van der Waals surface area contributed by atoms with Gasteiger partial charge in [-0.25, -0.2) is 0 Å².